The fraction of sp³-hybridized carbons (Fsp3) is 0.273. The molecule has 0 saturated carbocycles. The number of rotatable bonds is 5. The lowest BCUT2D eigenvalue weighted by atomic mass is 9.93. The highest BCUT2D eigenvalue weighted by Gasteiger charge is 2.42. The van der Waals surface area contributed by atoms with Crippen LogP contribution in [-0.2, 0) is 0 Å². The minimum Gasteiger partial charge on any atom is -0.507 e. The summed E-state index contributed by atoms with van der Waals surface area (Å²) in [5, 5.41) is 27.5. The van der Waals surface area contributed by atoms with E-state index in [4.69, 9.17) is 11.6 Å². The molecule has 1 aliphatic heterocycles. The molecule has 7 heteroatoms. The molecule has 0 fully saturated rings. The molecule has 2 heterocycles. The molecular formula is C22H22ClN3O3. The van der Waals surface area contributed by atoms with E-state index in [9.17, 15) is 15.0 Å². The third-order valence-electron chi connectivity index (χ3n) is 5.34. The van der Waals surface area contributed by atoms with Gasteiger partial charge in [0.1, 0.15) is 17.1 Å². The highest BCUT2D eigenvalue weighted by molar-refractivity contribution is 6.31. The van der Waals surface area contributed by atoms with Gasteiger partial charge in [-0.3, -0.25) is 9.89 Å². The van der Waals surface area contributed by atoms with Crippen molar-refractivity contribution < 1.29 is 15.0 Å². The van der Waals surface area contributed by atoms with E-state index >= 15 is 0 Å². The Hall–Kier alpha value is -2.83. The second kappa shape index (κ2) is 7.54. The summed E-state index contributed by atoms with van der Waals surface area (Å²) < 4.78 is 0. The zero-order valence-corrected chi connectivity index (χ0v) is 16.9. The molecule has 1 atom stereocenters. The Morgan fingerprint density at radius 3 is 2.59 bits per heavy atom. The van der Waals surface area contributed by atoms with Crippen molar-refractivity contribution in [1.29, 1.82) is 0 Å². The van der Waals surface area contributed by atoms with Crippen LogP contribution in [0.3, 0.4) is 0 Å². The van der Waals surface area contributed by atoms with E-state index in [1.54, 1.807) is 17.0 Å². The number of halogens is 1. The number of phenols is 1. The molecule has 3 aromatic rings. The summed E-state index contributed by atoms with van der Waals surface area (Å²) in [6.07, 6.45) is 0. The lowest BCUT2D eigenvalue weighted by Gasteiger charge is -2.26. The Bertz CT molecular complexity index is 1060. The van der Waals surface area contributed by atoms with Crippen LogP contribution in [0, 0.1) is 0 Å². The number of nitrogens with one attached hydrogen (secondary N) is 1. The van der Waals surface area contributed by atoms with Gasteiger partial charge in [-0.15, -0.1) is 0 Å². The van der Waals surface area contributed by atoms with Crippen molar-refractivity contribution in [3.63, 3.8) is 0 Å². The highest BCUT2D eigenvalue weighted by Crippen LogP contribution is 2.44. The van der Waals surface area contributed by atoms with Crippen molar-refractivity contribution in [2.24, 2.45) is 0 Å². The van der Waals surface area contributed by atoms with Gasteiger partial charge in [-0.1, -0.05) is 49.7 Å². The molecule has 6 nitrogen and oxygen atoms in total. The van der Waals surface area contributed by atoms with Crippen LogP contribution in [0.2, 0.25) is 5.02 Å². The number of aromatic nitrogens is 2. The number of aromatic amines is 1. The third-order valence-corrected chi connectivity index (χ3v) is 5.57. The maximum absolute atomic E-state index is 13.0. The van der Waals surface area contributed by atoms with Crippen molar-refractivity contribution in [3.8, 4) is 17.0 Å². The van der Waals surface area contributed by atoms with Crippen molar-refractivity contribution >= 4 is 17.5 Å². The molecule has 1 aromatic heterocycles. The Kier molecular flexibility index (Phi) is 5.06. The second-order valence-electron chi connectivity index (χ2n) is 7.47. The van der Waals surface area contributed by atoms with Crippen LogP contribution in [0.15, 0.2) is 42.5 Å². The van der Waals surface area contributed by atoms with Crippen LogP contribution in [0.5, 0.6) is 5.75 Å². The number of nitrogens with zero attached hydrogens (tertiary/aromatic N) is 2. The first kappa shape index (κ1) is 19.5. The summed E-state index contributed by atoms with van der Waals surface area (Å²) in [5.41, 5.74) is 4.10. The van der Waals surface area contributed by atoms with Gasteiger partial charge < -0.3 is 15.1 Å². The predicted octanol–water partition coefficient (Wildman–Crippen LogP) is 4.10. The highest BCUT2D eigenvalue weighted by atomic mass is 35.5. The summed E-state index contributed by atoms with van der Waals surface area (Å²) in [6, 6.07) is 12.4. The summed E-state index contributed by atoms with van der Waals surface area (Å²) >= 11 is 6.13. The largest absolute Gasteiger partial charge is 0.507 e. The van der Waals surface area contributed by atoms with Gasteiger partial charge in [0, 0.05) is 22.7 Å². The maximum atomic E-state index is 13.0. The number of β-amino-alcohol motifs (C(OH)–C–C–N with tert-alkyl or cyclic N) is 1. The molecule has 0 radical (unpaired) electrons. The van der Waals surface area contributed by atoms with Gasteiger partial charge in [0.05, 0.1) is 12.6 Å². The first-order valence-electron chi connectivity index (χ1n) is 9.51. The maximum Gasteiger partial charge on any atom is 0.273 e. The SMILES string of the molecule is CC(C)c1ccc(C2c3c(-c4cc(Cl)ccc4O)n[nH]c3C(=O)N2CCO)cc1. The summed E-state index contributed by atoms with van der Waals surface area (Å²) in [5.74, 6) is 0.198. The number of H-pyrrole nitrogens is 1. The van der Waals surface area contributed by atoms with Crippen molar-refractivity contribution in [2.75, 3.05) is 13.2 Å². The average molecular weight is 412 g/mol. The number of carbonyl (C=O) groups excluding carboxylic acids is 1. The minimum atomic E-state index is -0.419. The van der Waals surface area contributed by atoms with Crippen molar-refractivity contribution in [3.05, 3.63) is 69.9 Å². The van der Waals surface area contributed by atoms with Gasteiger partial charge in [0.15, 0.2) is 0 Å². The molecule has 1 aliphatic rings. The van der Waals surface area contributed by atoms with E-state index in [1.807, 2.05) is 12.1 Å². The standard InChI is InChI=1S/C22H22ClN3O3/c1-12(2)13-3-5-14(6-4-13)21-18-19(16-11-15(23)7-8-17(16)28)24-25-20(18)22(29)26(21)9-10-27/h3-8,11-12,21,27-28H,9-10H2,1-2H3,(H,24,25). The molecule has 29 heavy (non-hydrogen) atoms. The zero-order valence-electron chi connectivity index (χ0n) is 16.2. The lowest BCUT2D eigenvalue weighted by molar-refractivity contribution is 0.0706. The lowest BCUT2D eigenvalue weighted by Crippen LogP contribution is -2.32. The Morgan fingerprint density at radius 1 is 1.21 bits per heavy atom. The van der Waals surface area contributed by atoms with E-state index in [0.29, 0.717) is 33.5 Å². The van der Waals surface area contributed by atoms with Gasteiger partial charge in [-0.2, -0.15) is 5.10 Å². The molecule has 1 amide bonds. The quantitative estimate of drug-likeness (QED) is 0.589. The molecule has 1 unspecified atom stereocenters. The molecule has 3 N–H and O–H groups in total. The van der Waals surface area contributed by atoms with Crippen LogP contribution >= 0.6 is 11.6 Å². The molecule has 0 saturated heterocycles. The number of benzene rings is 2. The fourth-order valence-corrected chi connectivity index (χ4v) is 4.02. The van der Waals surface area contributed by atoms with Crippen LogP contribution in [0.25, 0.3) is 11.3 Å². The van der Waals surface area contributed by atoms with E-state index in [2.05, 4.69) is 36.2 Å². The van der Waals surface area contributed by atoms with Crippen molar-refractivity contribution in [1.82, 2.24) is 15.1 Å². The number of aromatic hydroxyl groups is 1. The Labute approximate surface area is 173 Å². The molecule has 4 rings (SSSR count). The van der Waals surface area contributed by atoms with E-state index in [-0.39, 0.29) is 24.8 Å². The summed E-state index contributed by atoms with van der Waals surface area (Å²) in [4.78, 5) is 14.6. The average Bonchev–Trinajstić information content (AvgIpc) is 3.24. The fourth-order valence-electron chi connectivity index (χ4n) is 3.85. The zero-order chi connectivity index (χ0) is 20.7. The number of aliphatic hydroxyl groups is 1. The summed E-state index contributed by atoms with van der Waals surface area (Å²) in [6.45, 7) is 4.29. The predicted molar refractivity (Wildman–Crippen MR) is 111 cm³/mol. The third kappa shape index (κ3) is 3.28. The van der Waals surface area contributed by atoms with Gasteiger partial charge >= 0.3 is 0 Å². The van der Waals surface area contributed by atoms with Gasteiger partial charge in [-0.25, -0.2) is 0 Å². The minimum absolute atomic E-state index is 0.0330. The van der Waals surface area contributed by atoms with Gasteiger partial charge in [0.2, 0.25) is 0 Å². The number of aliphatic hydroxyl groups excluding tert-OH is 1. The number of phenolic OH excluding ortho intramolecular Hbond substituents is 1. The Balaban J connectivity index is 1.88. The van der Waals surface area contributed by atoms with Crippen LogP contribution in [-0.4, -0.2) is 44.4 Å². The monoisotopic (exact) mass is 411 g/mol. The van der Waals surface area contributed by atoms with E-state index in [0.717, 1.165) is 5.56 Å². The second-order valence-corrected chi connectivity index (χ2v) is 7.90. The molecular weight excluding hydrogens is 390 g/mol. The normalized spacial score (nSPS) is 16.0. The molecule has 2 aromatic carbocycles. The first-order valence-corrected chi connectivity index (χ1v) is 9.89. The molecule has 0 aliphatic carbocycles. The number of fused-ring (bicyclic) bond motifs is 1. The van der Waals surface area contributed by atoms with Crippen LogP contribution < -0.4 is 0 Å². The first-order chi connectivity index (χ1) is 13.9. The van der Waals surface area contributed by atoms with E-state index in [1.165, 1.54) is 11.6 Å². The molecule has 150 valence electrons. The number of hydrogen-bond donors (Lipinski definition) is 3. The molecule has 0 spiro atoms. The van der Waals surface area contributed by atoms with Crippen LogP contribution in [0.4, 0.5) is 0 Å². The number of carbonyl (C=O) groups is 1. The number of hydrogen-bond acceptors (Lipinski definition) is 4. The van der Waals surface area contributed by atoms with Crippen LogP contribution in [0.1, 0.15) is 53.0 Å². The van der Waals surface area contributed by atoms with Gasteiger partial charge in [0.25, 0.3) is 5.91 Å². The number of amides is 1. The van der Waals surface area contributed by atoms with Crippen molar-refractivity contribution in [2.45, 2.75) is 25.8 Å². The topological polar surface area (TPSA) is 89.5 Å². The Morgan fingerprint density at radius 2 is 1.93 bits per heavy atom. The van der Waals surface area contributed by atoms with Gasteiger partial charge in [-0.05, 0) is 35.2 Å². The smallest absolute Gasteiger partial charge is 0.273 e. The molecule has 0 bridgehead atoms. The van der Waals surface area contributed by atoms with E-state index < -0.39 is 6.04 Å². The summed E-state index contributed by atoms with van der Waals surface area (Å²) in [7, 11) is 0.